The second-order valence-corrected chi connectivity index (χ2v) is 4.07. The predicted molar refractivity (Wildman–Crippen MR) is 65.5 cm³/mol. The first-order valence-electron chi connectivity index (χ1n) is 5.35. The summed E-state index contributed by atoms with van der Waals surface area (Å²) in [7, 11) is 0. The molecule has 2 rings (SSSR count). The van der Waals surface area contributed by atoms with Crippen LogP contribution in [0.2, 0.25) is 5.02 Å². The van der Waals surface area contributed by atoms with Crippen LogP contribution >= 0.6 is 11.6 Å². The van der Waals surface area contributed by atoms with Gasteiger partial charge in [-0.15, -0.1) is 5.10 Å². The molecule has 0 saturated carbocycles. The Morgan fingerprint density at radius 1 is 1.47 bits per heavy atom. The van der Waals surface area contributed by atoms with Gasteiger partial charge in [-0.3, -0.25) is 0 Å². The number of nitrogens with zero attached hydrogens (tertiary/aromatic N) is 4. The van der Waals surface area contributed by atoms with Gasteiger partial charge in [0.1, 0.15) is 11.8 Å². The molecule has 1 aromatic heterocycles. The van der Waals surface area contributed by atoms with E-state index in [0.29, 0.717) is 10.7 Å². The van der Waals surface area contributed by atoms with Gasteiger partial charge in [-0.2, -0.15) is 5.26 Å². The maximum absolute atomic E-state index is 9.03. The molecule has 0 spiro atoms. The number of aromatic nitrogens is 3. The topological polar surface area (TPSA) is 54.5 Å². The van der Waals surface area contributed by atoms with E-state index < -0.39 is 0 Å². The summed E-state index contributed by atoms with van der Waals surface area (Å²) in [6.45, 7) is 2.78. The first-order chi connectivity index (χ1) is 8.26. The zero-order valence-corrected chi connectivity index (χ0v) is 10.1. The fourth-order valence-corrected chi connectivity index (χ4v) is 1.87. The molecule has 4 nitrogen and oxygen atoms in total. The molecule has 0 fully saturated rings. The van der Waals surface area contributed by atoms with Gasteiger partial charge in [-0.1, -0.05) is 35.9 Å². The summed E-state index contributed by atoms with van der Waals surface area (Å²) in [4.78, 5) is 0. The van der Waals surface area contributed by atoms with Gasteiger partial charge in [0.15, 0.2) is 5.69 Å². The number of benzene rings is 1. The van der Waals surface area contributed by atoms with E-state index >= 15 is 0 Å². The van der Waals surface area contributed by atoms with Crippen LogP contribution in [-0.2, 0) is 6.54 Å². The van der Waals surface area contributed by atoms with Crippen molar-refractivity contribution < 1.29 is 0 Å². The Kier molecular flexibility index (Phi) is 3.40. The summed E-state index contributed by atoms with van der Waals surface area (Å²) in [5.41, 5.74) is 1.94. The molecule has 86 valence electrons. The highest BCUT2D eigenvalue weighted by Crippen LogP contribution is 2.24. The maximum Gasteiger partial charge on any atom is 0.190 e. The highest BCUT2D eigenvalue weighted by molar-refractivity contribution is 6.30. The van der Waals surface area contributed by atoms with Crippen LogP contribution in [0.1, 0.15) is 19.0 Å². The van der Waals surface area contributed by atoms with Gasteiger partial charge in [0.25, 0.3) is 0 Å². The zero-order chi connectivity index (χ0) is 12.3. The number of rotatable bonds is 3. The van der Waals surface area contributed by atoms with E-state index in [1.54, 1.807) is 10.7 Å². The van der Waals surface area contributed by atoms with Crippen molar-refractivity contribution in [3.05, 3.63) is 35.0 Å². The fraction of sp³-hybridized carbons (Fsp3) is 0.250. The van der Waals surface area contributed by atoms with E-state index in [9.17, 15) is 0 Å². The number of hydrogen-bond donors (Lipinski definition) is 0. The predicted octanol–water partition coefficient (Wildman–Crippen LogP) is 2.88. The minimum atomic E-state index is 0.334. The van der Waals surface area contributed by atoms with Crippen LogP contribution in [0.3, 0.4) is 0 Å². The zero-order valence-electron chi connectivity index (χ0n) is 9.39. The molecule has 1 heterocycles. The summed E-state index contributed by atoms with van der Waals surface area (Å²) in [5, 5.41) is 17.5. The minimum absolute atomic E-state index is 0.334. The first-order valence-corrected chi connectivity index (χ1v) is 5.73. The SMILES string of the molecule is CCCn1nnc(C#N)c1-c1cccc(Cl)c1. The fourth-order valence-electron chi connectivity index (χ4n) is 1.68. The summed E-state index contributed by atoms with van der Waals surface area (Å²) < 4.78 is 1.74. The van der Waals surface area contributed by atoms with Gasteiger partial charge < -0.3 is 0 Å². The van der Waals surface area contributed by atoms with Crippen molar-refractivity contribution in [1.82, 2.24) is 15.0 Å². The van der Waals surface area contributed by atoms with E-state index in [-0.39, 0.29) is 0 Å². The summed E-state index contributed by atoms with van der Waals surface area (Å²) in [6.07, 6.45) is 0.932. The molecule has 0 N–H and O–H groups in total. The van der Waals surface area contributed by atoms with Gasteiger partial charge in [0, 0.05) is 17.1 Å². The van der Waals surface area contributed by atoms with Crippen LogP contribution in [-0.4, -0.2) is 15.0 Å². The van der Waals surface area contributed by atoms with Gasteiger partial charge >= 0.3 is 0 Å². The van der Waals surface area contributed by atoms with Crippen LogP contribution in [0.4, 0.5) is 0 Å². The quantitative estimate of drug-likeness (QED) is 0.837. The molecule has 0 saturated heterocycles. The molecular formula is C12H11ClN4. The molecular weight excluding hydrogens is 236 g/mol. The Bertz CT molecular complexity index is 568. The molecule has 0 aliphatic heterocycles. The van der Waals surface area contributed by atoms with Crippen molar-refractivity contribution >= 4 is 11.6 Å². The molecule has 0 bridgehead atoms. The molecule has 0 unspecified atom stereocenters. The van der Waals surface area contributed by atoms with E-state index in [4.69, 9.17) is 16.9 Å². The molecule has 1 aromatic carbocycles. The highest BCUT2D eigenvalue weighted by Gasteiger charge is 2.14. The average Bonchev–Trinajstić information content (AvgIpc) is 2.72. The smallest absolute Gasteiger partial charge is 0.190 e. The molecule has 17 heavy (non-hydrogen) atoms. The van der Waals surface area contributed by atoms with Crippen LogP contribution in [0.5, 0.6) is 0 Å². The third-order valence-electron chi connectivity index (χ3n) is 2.37. The Hall–Kier alpha value is -1.86. The molecule has 5 heteroatoms. The van der Waals surface area contributed by atoms with Crippen molar-refractivity contribution in [3.63, 3.8) is 0 Å². The van der Waals surface area contributed by atoms with Gasteiger partial charge in [-0.25, -0.2) is 4.68 Å². The van der Waals surface area contributed by atoms with Crippen LogP contribution < -0.4 is 0 Å². The Balaban J connectivity index is 2.56. The second-order valence-electron chi connectivity index (χ2n) is 3.63. The van der Waals surface area contributed by atoms with Crippen LogP contribution in [0.15, 0.2) is 24.3 Å². The maximum atomic E-state index is 9.03. The Labute approximate surface area is 104 Å². The van der Waals surface area contributed by atoms with E-state index in [2.05, 4.69) is 23.3 Å². The normalized spacial score (nSPS) is 10.2. The largest absolute Gasteiger partial charge is 0.243 e. The lowest BCUT2D eigenvalue weighted by atomic mass is 10.1. The number of aryl methyl sites for hydroxylation is 1. The summed E-state index contributed by atoms with van der Waals surface area (Å²) in [6, 6.07) is 9.41. The Morgan fingerprint density at radius 3 is 2.94 bits per heavy atom. The van der Waals surface area contributed by atoms with Gasteiger partial charge in [0.05, 0.1) is 0 Å². The van der Waals surface area contributed by atoms with Crippen LogP contribution in [0.25, 0.3) is 11.3 Å². The summed E-state index contributed by atoms with van der Waals surface area (Å²) >= 11 is 5.95. The second kappa shape index (κ2) is 4.98. The molecule has 0 aliphatic rings. The molecule has 2 aromatic rings. The molecule has 0 radical (unpaired) electrons. The third kappa shape index (κ3) is 2.29. The van der Waals surface area contributed by atoms with Crippen molar-refractivity contribution in [1.29, 1.82) is 5.26 Å². The van der Waals surface area contributed by atoms with Gasteiger partial charge in [-0.05, 0) is 18.6 Å². The summed E-state index contributed by atoms with van der Waals surface area (Å²) in [5.74, 6) is 0. The lowest BCUT2D eigenvalue weighted by Crippen LogP contribution is -2.01. The van der Waals surface area contributed by atoms with Gasteiger partial charge in [0.2, 0.25) is 0 Å². The van der Waals surface area contributed by atoms with Crippen molar-refractivity contribution in [2.75, 3.05) is 0 Å². The standard InChI is InChI=1S/C12H11ClN4/c1-2-6-17-12(11(8-14)15-16-17)9-4-3-5-10(13)7-9/h3-5,7H,2,6H2,1H3. The highest BCUT2D eigenvalue weighted by atomic mass is 35.5. The minimum Gasteiger partial charge on any atom is -0.243 e. The Morgan fingerprint density at radius 2 is 2.29 bits per heavy atom. The van der Waals surface area contributed by atoms with Crippen molar-refractivity contribution in [2.24, 2.45) is 0 Å². The van der Waals surface area contributed by atoms with E-state index in [1.165, 1.54) is 0 Å². The number of nitriles is 1. The monoisotopic (exact) mass is 246 g/mol. The van der Waals surface area contributed by atoms with Crippen LogP contribution in [0, 0.1) is 11.3 Å². The van der Waals surface area contributed by atoms with E-state index in [0.717, 1.165) is 24.2 Å². The molecule has 0 aliphatic carbocycles. The first kappa shape index (κ1) is 11.6. The number of halogens is 1. The lowest BCUT2D eigenvalue weighted by molar-refractivity contribution is 0.584. The van der Waals surface area contributed by atoms with Crippen molar-refractivity contribution in [2.45, 2.75) is 19.9 Å². The number of hydrogen-bond acceptors (Lipinski definition) is 3. The van der Waals surface area contributed by atoms with Crippen molar-refractivity contribution in [3.8, 4) is 17.3 Å². The molecule has 0 atom stereocenters. The average molecular weight is 247 g/mol. The third-order valence-corrected chi connectivity index (χ3v) is 2.61. The molecule has 0 amide bonds. The van der Waals surface area contributed by atoms with E-state index in [1.807, 2.05) is 18.2 Å². The lowest BCUT2D eigenvalue weighted by Gasteiger charge is -2.05.